The standard InChI is InChI=1S/C18H14ClNO3/c1-23-17-8-5-12(10-16(17)19)20-18(22)15-4-2-3-11-9-13(21)6-7-14(11)15/h2-10,21H,1H3,(H,20,22). The second kappa shape index (κ2) is 6.18. The number of anilines is 1. The molecular formula is C18H14ClNO3. The monoisotopic (exact) mass is 327 g/mol. The van der Waals surface area contributed by atoms with Crippen LogP contribution in [0.25, 0.3) is 10.8 Å². The molecule has 4 nitrogen and oxygen atoms in total. The molecule has 2 N–H and O–H groups in total. The van der Waals surface area contributed by atoms with E-state index in [4.69, 9.17) is 16.3 Å². The topological polar surface area (TPSA) is 58.6 Å². The SMILES string of the molecule is COc1ccc(NC(=O)c2cccc3cc(O)ccc23)cc1Cl. The largest absolute Gasteiger partial charge is 0.508 e. The van der Waals surface area contributed by atoms with E-state index < -0.39 is 0 Å². The molecule has 0 aliphatic heterocycles. The lowest BCUT2D eigenvalue weighted by Gasteiger charge is -2.10. The summed E-state index contributed by atoms with van der Waals surface area (Å²) in [6, 6.07) is 15.3. The number of phenols is 1. The average molecular weight is 328 g/mol. The molecule has 3 aromatic rings. The number of methoxy groups -OCH3 is 1. The van der Waals surface area contributed by atoms with Crippen molar-refractivity contribution >= 4 is 34.0 Å². The Labute approximate surface area is 138 Å². The summed E-state index contributed by atoms with van der Waals surface area (Å²) < 4.78 is 5.09. The van der Waals surface area contributed by atoms with Crippen LogP contribution in [0.3, 0.4) is 0 Å². The van der Waals surface area contributed by atoms with E-state index in [1.807, 2.05) is 6.07 Å². The molecule has 3 aromatic carbocycles. The van der Waals surface area contributed by atoms with Crippen molar-refractivity contribution in [2.75, 3.05) is 12.4 Å². The molecule has 23 heavy (non-hydrogen) atoms. The van der Waals surface area contributed by atoms with Crippen molar-refractivity contribution in [3.05, 3.63) is 65.2 Å². The minimum Gasteiger partial charge on any atom is -0.508 e. The molecule has 0 atom stereocenters. The van der Waals surface area contributed by atoms with Crippen LogP contribution in [0.15, 0.2) is 54.6 Å². The third kappa shape index (κ3) is 3.07. The number of ether oxygens (including phenoxy) is 1. The van der Waals surface area contributed by atoms with E-state index in [-0.39, 0.29) is 11.7 Å². The van der Waals surface area contributed by atoms with Crippen molar-refractivity contribution in [2.45, 2.75) is 0 Å². The molecule has 0 radical (unpaired) electrons. The van der Waals surface area contributed by atoms with E-state index in [1.165, 1.54) is 7.11 Å². The van der Waals surface area contributed by atoms with E-state index in [2.05, 4.69) is 5.32 Å². The highest BCUT2D eigenvalue weighted by Crippen LogP contribution is 2.28. The van der Waals surface area contributed by atoms with Crippen LogP contribution in [0.2, 0.25) is 5.02 Å². The van der Waals surface area contributed by atoms with Crippen LogP contribution < -0.4 is 10.1 Å². The van der Waals surface area contributed by atoms with Crippen molar-refractivity contribution in [1.82, 2.24) is 0 Å². The molecular weight excluding hydrogens is 314 g/mol. The van der Waals surface area contributed by atoms with E-state index in [9.17, 15) is 9.90 Å². The van der Waals surface area contributed by atoms with Gasteiger partial charge in [-0.15, -0.1) is 0 Å². The zero-order chi connectivity index (χ0) is 16.4. The van der Waals surface area contributed by atoms with Gasteiger partial charge in [0.2, 0.25) is 0 Å². The van der Waals surface area contributed by atoms with Gasteiger partial charge < -0.3 is 15.2 Å². The summed E-state index contributed by atoms with van der Waals surface area (Å²) in [5.41, 5.74) is 1.10. The second-order valence-electron chi connectivity index (χ2n) is 5.01. The Morgan fingerprint density at radius 3 is 2.70 bits per heavy atom. The quantitative estimate of drug-likeness (QED) is 0.746. The fourth-order valence-electron chi connectivity index (χ4n) is 2.41. The maximum Gasteiger partial charge on any atom is 0.256 e. The number of amides is 1. The number of rotatable bonds is 3. The third-order valence-electron chi connectivity index (χ3n) is 3.52. The zero-order valence-electron chi connectivity index (χ0n) is 12.3. The van der Waals surface area contributed by atoms with Crippen molar-refractivity contribution in [2.24, 2.45) is 0 Å². The number of aromatic hydroxyl groups is 1. The lowest BCUT2D eigenvalue weighted by molar-refractivity contribution is 0.102. The molecule has 0 bridgehead atoms. The molecule has 0 aromatic heterocycles. The van der Waals surface area contributed by atoms with Gasteiger partial charge in [0.1, 0.15) is 11.5 Å². The third-order valence-corrected chi connectivity index (χ3v) is 3.81. The lowest BCUT2D eigenvalue weighted by Crippen LogP contribution is -2.12. The minimum absolute atomic E-state index is 0.164. The van der Waals surface area contributed by atoms with Crippen molar-refractivity contribution in [3.8, 4) is 11.5 Å². The molecule has 0 aliphatic carbocycles. The number of hydrogen-bond acceptors (Lipinski definition) is 3. The first-order valence-electron chi connectivity index (χ1n) is 6.95. The summed E-state index contributed by atoms with van der Waals surface area (Å²) in [5.74, 6) is 0.463. The predicted octanol–water partition coefficient (Wildman–Crippen LogP) is 4.46. The smallest absolute Gasteiger partial charge is 0.256 e. The number of carbonyl (C=O) groups is 1. The Morgan fingerprint density at radius 2 is 1.96 bits per heavy atom. The fourth-order valence-corrected chi connectivity index (χ4v) is 2.67. The summed E-state index contributed by atoms with van der Waals surface area (Å²) in [6.45, 7) is 0. The second-order valence-corrected chi connectivity index (χ2v) is 5.42. The Morgan fingerprint density at radius 1 is 1.13 bits per heavy atom. The summed E-state index contributed by atoms with van der Waals surface area (Å²) >= 11 is 6.07. The zero-order valence-corrected chi connectivity index (χ0v) is 13.1. The Kier molecular flexibility index (Phi) is 4.08. The molecule has 0 spiro atoms. The van der Waals surface area contributed by atoms with Gasteiger partial charge in [-0.1, -0.05) is 23.7 Å². The molecule has 3 rings (SSSR count). The fraction of sp³-hybridized carbons (Fsp3) is 0.0556. The van der Waals surface area contributed by atoms with Crippen LogP contribution >= 0.6 is 11.6 Å². The van der Waals surface area contributed by atoms with Crippen LogP contribution in [0.1, 0.15) is 10.4 Å². The molecule has 5 heteroatoms. The van der Waals surface area contributed by atoms with Gasteiger partial charge in [-0.2, -0.15) is 0 Å². The number of nitrogens with one attached hydrogen (secondary N) is 1. The normalized spacial score (nSPS) is 10.5. The van der Waals surface area contributed by atoms with Crippen molar-refractivity contribution < 1.29 is 14.6 Å². The highest BCUT2D eigenvalue weighted by Gasteiger charge is 2.11. The lowest BCUT2D eigenvalue weighted by atomic mass is 10.0. The number of phenolic OH excluding ortho intramolecular Hbond substituents is 1. The Bertz CT molecular complexity index is 893. The van der Waals surface area contributed by atoms with Gasteiger partial charge in [-0.05, 0) is 53.2 Å². The summed E-state index contributed by atoms with van der Waals surface area (Å²) in [7, 11) is 1.53. The van der Waals surface area contributed by atoms with Gasteiger partial charge in [0.05, 0.1) is 12.1 Å². The minimum atomic E-state index is -0.248. The van der Waals surface area contributed by atoms with Crippen LogP contribution in [0.4, 0.5) is 5.69 Å². The first-order valence-corrected chi connectivity index (χ1v) is 7.33. The van der Waals surface area contributed by atoms with E-state index in [1.54, 1.807) is 48.5 Å². The van der Waals surface area contributed by atoms with Gasteiger partial charge in [0.25, 0.3) is 5.91 Å². The molecule has 0 saturated carbocycles. The summed E-state index contributed by atoms with van der Waals surface area (Å²) in [6.07, 6.45) is 0. The summed E-state index contributed by atoms with van der Waals surface area (Å²) in [5, 5.41) is 14.4. The molecule has 0 heterocycles. The number of halogens is 1. The van der Waals surface area contributed by atoms with E-state index in [0.29, 0.717) is 22.0 Å². The number of carbonyl (C=O) groups excluding carboxylic acids is 1. The van der Waals surface area contributed by atoms with Crippen molar-refractivity contribution in [3.63, 3.8) is 0 Å². The maximum atomic E-state index is 12.5. The highest BCUT2D eigenvalue weighted by atomic mass is 35.5. The number of benzene rings is 3. The highest BCUT2D eigenvalue weighted by molar-refractivity contribution is 6.32. The maximum absolute atomic E-state index is 12.5. The predicted molar refractivity (Wildman–Crippen MR) is 91.6 cm³/mol. The first kappa shape index (κ1) is 15.2. The molecule has 116 valence electrons. The molecule has 0 unspecified atom stereocenters. The molecule has 0 saturated heterocycles. The van der Waals surface area contributed by atoms with Gasteiger partial charge in [-0.3, -0.25) is 4.79 Å². The van der Waals surface area contributed by atoms with Crippen molar-refractivity contribution in [1.29, 1.82) is 0 Å². The van der Waals surface area contributed by atoms with Crippen LogP contribution in [-0.4, -0.2) is 18.1 Å². The van der Waals surface area contributed by atoms with Crippen LogP contribution in [0.5, 0.6) is 11.5 Å². The van der Waals surface area contributed by atoms with Gasteiger partial charge in [0.15, 0.2) is 0 Å². The van der Waals surface area contributed by atoms with Crippen LogP contribution in [-0.2, 0) is 0 Å². The average Bonchev–Trinajstić information content (AvgIpc) is 2.54. The number of hydrogen-bond donors (Lipinski definition) is 2. The van der Waals surface area contributed by atoms with Gasteiger partial charge >= 0.3 is 0 Å². The van der Waals surface area contributed by atoms with E-state index >= 15 is 0 Å². The molecule has 0 fully saturated rings. The molecule has 1 amide bonds. The molecule has 0 aliphatic rings. The van der Waals surface area contributed by atoms with Crippen LogP contribution in [0, 0.1) is 0 Å². The summed E-state index contributed by atoms with van der Waals surface area (Å²) in [4.78, 5) is 12.5. The Balaban J connectivity index is 1.93. The number of fused-ring (bicyclic) bond motifs is 1. The van der Waals surface area contributed by atoms with E-state index in [0.717, 1.165) is 10.8 Å². The van der Waals surface area contributed by atoms with Gasteiger partial charge in [-0.25, -0.2) is 0 Å². The Hall–Kier alpha value is -2.72. The van der Waals surface area contributed by atoms with Gasteiger partial charge in [0, 0.05) is 11.3 Å². The first-order chi connectivity index (χ1) is 11.1.